The van der Waals surface area contributed by atoms with Crippen molar-refractivity contribution in [1.82, 2.24) is 0 Å². The van der Waals surface area contributed by atoms with Gasteiger partial charge in [-0.25, -0.2) is 4.79 Å². The third-order valence-electron chi connectivity index (χ3n) is 6.80. The lowest BCUT2D eigenvalue weighted by Crippen LogP contribution is -2.53. The molecule has 2 heterocycles. The summed E-state index contributed by atoms with van der Waals surface area (Å²) in [6.45, 7) is 3.80. The monoisotopic (exact) mass is 477 g/mol. The Hall–Kier alpha value is -3.58. The van der Waals surface area contributed by atoms with E-state index in [0.717, 1.165) is 11.1 Å². The smallest absolute Gasteiger partial charge is 0.339 e. The van der Waals surface area contributed by atoms with Crippen molar-refractivity contribution in [3.63, 3.8) is 0 Å². The molecule has 34 heavy (non-hydrogen) atoms. The first-order valence-corrected chi connectivity index (χ1v) is 11.4. The maximum atomic E-state index is 13.8. The molecule has 8 heteroatoms. The van der Waals surface area contributed by atoms with Crippen LogP contribution in [-0.4, -0.2) is 24.8 Å². The normalized spacial score (nSPS) is 21.6. The Morgan fingerprint density at radius 3 is 2.53 bits per heavy atom. The van der Waals surface area contributed by atoms with E-state index in [4.69, 9.17) is 22.1 Å². The van der Waals surface area contributed by atoms with E-state index in [1.165, 1.54) is 7.11 Å². The van der Waals surface area contributed by atoms with Crippen molar-refractivity contribution >= 4 is 40.6 Å². The van der Waals surface area contributed by atoms with Gasteiger partial charge in [-0.05, 0) is 50.5 Å². The largest absolute Gasteiger partial charge is 0.466 e. The summed E-state index contributed by atoms with van der Waals surface area (Å²) in [5.74, 6) is -1.45. The van der Waals surface area contributed by atoms with E-state index in [0.29, 0.717) is 40.5 Å². The van der Waals surface area contributed by atoms with Gasteiger partial charge in [-0.3, -0.25) is 14.5 Å². The average molecular weight is 478 g/mol. The molecular weight excluding hydrogens is 454 g/mol. The first-order valence-electron chi connectivity index (χ1n) is 11.1. The number of allylic oxidation sites excluding steroid dienone is 1. The molecule has 5 rings (SSSR count). The zero-order valence-corrected chi connectivity index (χ0v) is 19.9. The number of Topliss-reactive ketones (excluding diaryl/α,β-unsaturated/α-hetero) is 1. The van der Waals surface area contributed by atoms with Crippen LogP contribution >= 0.6 is 11.6 Å². The molecule has 7 nitrogen and oxygen atoms in total. The van der Waals surface area contributed by atoms with E-state index in [9.17, 15) is 14.4 Å². The van der Waals surface area contributed by atoms with Crippen LogP contribution in [0.4, 0.5) is 11.4 Å². The van der Waals surface area contributed by atoms with Crippen molar-refractivity contribution in [3.8, 4) is 0 Å². The molecule has 0 saturated carbocycles. The Balaban J connectivity index is 1.93. The maximum absolute atomic E-state index is 13.8. The van der Waals surface area contributed by atoms with Crippen molar-refractivity contribution in [2.24, 2.45) is 5.73 Å². The molecule has 2 aromatic rings. The fraction of sp³-hybridized carbons (Fsp3) is 0.269. The predicted octanol–water partition coefficient (Wildman–Crippen LogP) is 4.02. The minimum atomic E-state index is -1.70. The lowest BCUT2D eigenvalue weighted by molar-refractivity contribution is -0.138. The number of amides is 1. The van der Waals surface area contributed by atoms with Gasteiger partial charge in [0.05, 0.1) is 17.8 Å². The van der Waals surface area contributed by atoms with Gasteiger partial charge >= 0.3 is 5.97 Å². The number of fused-ring (bicyclic) bond motifs is 3. The number of carbonyl (C=O) groups excluding carboxylic acids is 3. The first kappa shape index (κ1) is 22.2. The Kier molecular flexibility index (Phi) is 5.06. The minimum absolute atomic E-state index is 0.0237. The molecule has 0 fully saturated rings. The third kappa shape index (κ3) is 2.86. The number of methoxy groups -OCH3 is 1. The summed E-state index contributed by atoms with van der Waals surface area (Å²) in [5.41, 5.74) is 9.21. The second-order valence-corrected chi connectivity index (χ2v) is 9.30. The molecule has 2 aromatic carbocycles. The lowest BCUT2D eigenvalue weighted by Gasteiger charge is -2.44. The van der Waals surface area contributed by atoms with E-state index in [-0.39, 0.29) is 29.2 Å². The van der Waals surface area contributed by atoms with Crippen LogP contribution in [0.1, 0.15) is 36.0 Å². The number of hydrogen-bond acceptors (Lipinski definition) is 6. The molecule has 0 bridgehead atoms. The summed E-state index contributed by atoms with van der Waals surface area (Å²) in [5, 5.41) is 3.29. The van der Waals surface area contributed by atoms with Crippen LogP contribution in [0, 0.1) is 13.8 Å². The number of ether oxygens (including phenoxy) is 1. The van der Waals surface area contributed by atoms with Crippen molar-refractivity contribution in [1.29, 1.82) is 0 Å². The number of halogens is 1. The Bertz CT molecular complexity index is 1360. The van der Waals surface area contributed by atoms with Crippen molar-refractivity contribution in [2.45, 2.75) is 38.5 Å². The number of nitrogens with two attached hydrogens (primary N) is 1. The van der Waals surface area contributed by atoms with Gasteiger partial charge < -0.3 is 15.8 Å². The first-order chi connectivity index (χ1) is 16.2. The number of nitrogens with one attached hydrogen (secondary N) is 1. The number of carbonyl (C=O) groups is 3. The second kappa shape index (κ2) is 7.74. The van der Waals surface area contributed by atoms with E-state index < -0.39 is 17.3 Å². The molecule has 0 aromatic heterocycles. The zero-order chi connectivity index (χ0) is 24.4. The number of aryl methyl sites for hydroxylation is 2. The van der Waals surface area contributed by atoms with Crippen LogP contribution in [-0.2, 0) is 24.5 Å². The highest BCUT2D eigenvalue weighted by Crippen LogP contribution is 2.56. The van der Waals surface area contributed by atoms with E-state index in [1.54, 1.807) is 23.1 Å². The predicted molar refractivity (Wildman–Crippen MR) is 129 cm³/mol. The molecule has 1 unspecified atom stereocenters. The molecule has 1 amide bonds. The van der Waals surface area contributed by atoms with Gasteiger partial charge in [0.1, 0.15) is 16.8 Å². The van der Waals surface area contributed by atoms with Gasteiger partial charge in [-0.1, -0.05) is 35.4 Å². The molecule has 174 valence electrons. The van der Waals surface area contributed by atoms with Gasteiger partial charge in [0.2, 0.25) is 5.91 Å². The highest BCUT2D eigenvalue weighted by Gasteiger charge is 2.62. The molecule has 3 N–H and O–H groups in total. The molecule has 1 atom stereocenters. The number of anilines is 2. The van der Waals surface area contributed by atoms with E-state index in [2.05, 4.69) is 5.32 Å². The SMILES string of the molecule is COC(=O)C1=C(N)N(c2ccc(C)cc2Cl)C2=C(C(=O)CCC2)C12C(=O)Nc1ccc(C)cc12. The summed E-state index contributed by atoms with van der Waals surface area (Å²) in [7, 11) is 1.23. The highest BCUT2D eigenvalue weighted by molar-refractivity contribution is 6.33. The number of benzene rings is 2. The lowest BCUT2D eigenvalue weighted by atomic mass is 9.63. The van der Waals surface area contributed by atoms with Gasteiger partial charge in [0.15, 0.2) is 5.78 Å². The summed E-state index contributed by atoms with van der Waals surface area (Å²) in [6.07, 6.45) is 1.35. The van der Waals surface area contributed by atoms with E-state index in [1.807, 2.05) is 32.0 Å². The van der Waals surface area contributed by atoms with Crippen LogP contribution in [0.3, 0.4) is 0 Å². The highest BCUT2D eigenvalue weighted by atomic mass is 35.5. The van der Waals surface area contributed by atoms with Crippen molar-refractivity contribution in [2.75, 3.05) is 17.3 Å². The Morgan fingerprint density at radius 2 is 1.82 bits per heavy atom. The topological polar surface area (TPSA) is 102 Å². The van der Waals surface area contributed by atoms with Gasteiger partial charge in [-0.2, -0.15) is 0 Å². The summed E-state index contributed by atoms with van der Waals surface area (Å²) < 4.78 is 5.14. The Morgan fingerprint density at radius 1 is 1.12 bits per heavy atom. The molecule has 0 radical (unpaired) electrons. The number of nitrogens with zero attached hydrogens (tertiary/aromatic N) is 1. The molecule has 1 spiro atoms. The van der Waals surface area contributed by atoms with Crippen LogP contribution in [0.5, 0.6) is 0 Å². The fourth-order valence-corrected chi connectivity index (χ4v) is 5.71. The van der Waals surface area contributed by atoms with Gasteiger partial charge in [0.25, 0.3) is 0 Å². The van der Waals surface area contributed by atoms with Crippen LogP contribution in [0.25, 0.3) is 0 Å². The van der Waals surface area contributed by atoms with Crippen LogP contribution in [0.2, 0.25) is 5.02 Å². The van der Waals surface area contributed by atoms with Crippen molar-refractivity contribution in [3.05, 3.63) is 80.8 Å². The quantitative estimate of drug-likeness (QED) is 0.633. The molecule has 0 saturated heterocycles. The number of esters is 1. The number of ketones is 1. The molecule has 2 aliphatic heterocycles. The second-order valence-electron chi connectivity index (χ2n) is 8.89. The number of hydrogen-bond donors (Lipinski definition) is 2. The average Bonchev–Trinajstić information content (AvgIpc) is 3.06. The van der Waals surface area contributed by atoms with Crippen LogP contribution < -0.4 is 16.0 Å². The Labute approximate surface area is 202 Å². The zero-order valence-electron chi connectivity index (χ0n) is 19.1. The maximum Gasteiger partial charge on any atom is 0.339 e. The van der Waals surface area contributed by atoms with Gasteiger partial charge in [-0.15, -0.1) is 0 Å². The summed E-state index contributed by atoms with van der Waals surface area (Å²) in [6, 6.07) is 10.9. The summed E-state index contributed by atoms with van der Waals surface area (Å²) in [4.78, 5) is 42.4. The van der Waals surface area contributed by atoms with Gasteiger partial charge in [0, 0.05) is 28.9 Å². The standard InChI is InChI=1S/C26H24ClN3O4/c1-13-7-9-17-15(11-13)26(25(33)29-17)21-19(5-4-6-20(21)31)30(23(28)22(26)24(32)34-3)18-10-8-14(2)12-16(18)27/h7-12H,4-6,28H2,1-3H3,(H,29,33). The van der Waals surface area contributed by atoms with Crippen LogP contribution in [0.15, 0.2) is 59.1 Å². The number of rotatable bonds is 2. The fourth-order valence-electron chi connectivity index (χ4n) is 5.39. The third-order valence-corrected chi connectivity index (χ3v) is 7.11. The molecule has 1 aliphatic carbocycles. The van der Waals surface area contributed by atoms with Crippen molar-refractivity contribution < 1.29 is 19.1 Å². The summed E-state index contributed by atoms with van der Waals surface area (Å²) >= 11 is 6.62. The minimum Gasteiger partial charge on any atom is -0.466 e. The van der Waals surface area contributed by atoms with E-state index >= 15 is 0 Å². The molecular formula is C26H24ClN3O4. The molecule has 3 aliphatic rings.